The molecule has 0 aliphatic heterocycles. The van der Waals surface area contributed by atoms with E-state index in [4.69, 9.17) is 0 Å². The van der Waals surface area contributed by atoms with Gasteiger partial charge < -0.3 is 0 Å². The highest BCUT2D eigenvalue weighted by Crippen LogP contribution is 2.32. The van der Waals surface area contributed by atoms with Gasteiger partial charge in [-0.2, -0.15) is 0 Å². The molecule has 76 valence electrons. The van der Waals surface area contributed by atoms with Gasteiger partial charge in [0.15, 0.2) is 5.78 Å². The molecule has 0 atom stereocenters. The van der Waals surface area contributed by atoms with Crippen LogP contribution >= 0.6 is 0 Å². The lowest BCUT2D eigenvalue weighted by Gasteiger charge is -1.98. The molecule has 0 unspecified atom stereocenters. The number of Topliss-reactive ketones (excluding diaryl/α,β-unsaturated/α-hetero) is 1. The Morgan fingerprint density at radius 1 is 1.20 bits per heavy atom. The number of hydrogen-bond acceptors (Lipinski definition) is 2. The zero-order valence-corrected chi connectivity index (χ0v) is 8.35. The third kappa shape index (κ3) is 2.40. The van der Waals surface area contributed by atoms with E-state index in [-0.39, 0.29) is 11.7 Å². The largest absolute Gasteiger partial charge is 0.299 e. The quantitative estimate of drug-likeness (QED) is 0.425. The normalized spacial score (nSPS) is 15.5. The second-order valence-corrected chi connectivity index (χ2v) is 3.76. The highest BCUT2D eigenvalue weighted by Gasteiger charge is 2.30. The van der Waals surface area contributed by atoms with Crippen molar-refractivity contribution in [1.29, 1.82) is 0 Å². The summed E-state index contributed by atoms with van der Waals surface area (Å²) >= 11 is 0. The van der Waals surface area contributed by atoms with E-state index in [0.717, 1.165) is 30.3 Å². The van der Waals surface area contributed by atoms with Gasteiger partial charge in [-0.25, -0.2) is 0 Å². The van der Waals surface area contributed by atoms with Gasteiger partial charge in [0, 0.05) is 11.5 Å². The van der Waals surface area contributed by atoms with E-state index >= 15 is 0 Å². The summed E-state index contributed by atoms with van der Waals surface area (Å²) in [5.74, 6) is 0.516. The fraction of sp³-hybridized carbons (Fsp3) is 0.231. The van der Waals surface area contributed by atoms with Crippen LogP contribution in [0.2, 0.25) is 0 Å². The minimum absolute atomic E-state index is 0.251. The molecule has 15 heavy (non-hydrogen) atoms. The van der Waals surface area contributed by atoms with Crippen LogP contribution in [0.1, 0.15) is 28.8 Å². The molecule has 1 aromatic rings. The second kappa shape index (κ2) is 4.22. The molecular weight excluding hydrogens is 188 g/mol. The summed E-state index contributed by atoms with van der Waals surface area (Å²) in [5.41, 5.74) is 1.72. The molecule has 1 aliphatic rings. The van der Waals surface area contributed by atoms with Crippen LogP contribution < -0.4 is 0 Å². The van der Waals surface area contributed by atoms with Crippen molar-refractivity contribution in [3.05, 3.63) is 41.5 Å². The summed E-state index contributed by atoms with van der Waals surface area (Å²) < 4.78 is 0. The topological polar surface area (TPSA) is 34.1 Å². The van der Waals surface area contributed by atoms with Crippen LogP contribution in [0.3, 0.4) is 0 Å². The Kier molecular flexibility index (Phi) is 2.77. The van der Waals surface area contributed by atoms with Crippen molar-refractivity contribution in [2.24, 2.45) is 5.92 Å². The molecule has 2 heteroatoms. The lowest BCUT2D eigenvalue weighted by molar-refractivity contribution is -0.104. The molecule has 0 heterocycles. The van der Waals surface area contributed by atoms with E-state index in [2.05, 4.69) is 0 Å². The second-order valence-electron chi connectivity index (χ2n) is 3.76. The van der Waals surface area contributed by atoms with Crippen molar-refractivity contribution in [3.8, 4) is 0 Å². The predicted molar refractivity (Wildman–Crippen MR) is 58.6 cm³/mol. The summed E-state index contributed by atoms with van der Waals surface area (Å²) in [6.45, 7) is 0. The van der Waals surface area contributed by atoms with E-state index in [1.54, 1.807) is 6.08 Å². The first-order valence-electron chi connectivity index (χ1n) is 5.07. The highest BCUT2D eigenvalue weighted by atomic mass is 16.1. The van der Waals surface area contributed by atoms with Crippen molar-refractivity contribution in [1.82, 2.24) is 0 Å². The Balaban J connectivity index is 2.12. The van der Waals surface area contributed by atoms with Crippen molar-refractivity contribution in [3.63, 3.8) is 0 Å². The number of allylic oxidation sites excluding steroid dienone is 1. The van der Waals surface area contributed by atoms with Gasteiger partial charge in [-0.05, 0) is 24.5 Å². The fourth-order valence-corrected chi connectivity index (χ4v) is 1.49. The Hall–Kier alpha value is -1.70. The average Bonchev–Trinajstić information content (AvgIpc) is 3.10. The number of ketones is 1. The summed E-state index contributed by atoms with van der Waals surface area (Å²) in [7, 11) is 0. The lowest BCUT2D eigenvalue weighted by Crippen LogP contribution is -2.00. The zero-order chi connectivity index (χ0) is 10.7. The van der Waals surface area contributed by atoms with Crippen molar-refractivity contribution in [2.45, 2.75) is 12.8 Å². The number of rotatable bonds is 4. The van der Waals surface area contributed by atoms with Crippen LogP contribution in [0.4, 0.5) is 0 Å². The van der Waals surface area contributed by atoms with E-state index in [1.165, 1.54) is 6.08 Å². The molecule has 1 aromatic carbocycles. The number of hydrogen-bond donors (Lipinski definition) is 0. The molecule has 0 saturated heterocycles. The van der Waals surface area contributed by atoms with Crippen molar-refractivity contribution < 1.29 is 9.59 Å². The Morgan fingerprint density at radius 3 is 2.40 bits per heavy atom. The molecule has 0 bridgehead atoms. The minimum Gasteiger partial charge on any atom is -0.299 e. The van der Waals surface area contributed by atoms with Crippen LogP contribution in [-0.2, 0) is 4.79 Å². The van der Waals surface area contributed by atoms with Crippen LogP contribution in [0.5, 0.6) is 0 Å². The summed E-state index contributed by atoms with van der Waals surface area (Å²) in [6.07, 6.45) is 5.97. The van der Waals surface area contributed by atoms with E-state index in [0.29, 0.717) is 0 Å². The van der Waals surface area contributed by atoms with Gasteiger partial charge in [0.2, 0.25) is 0 Å². The van der Waals surface area contributed by atoms with Crippen molar-refractivity contribution >= 4 is 18.1 Å². The molecule has 2 rings (SSSR count). The summed E-state index contributed by atoms with van der Waals surface area (Å²) in [6, 6.07) is 7.36. The van der Waals surface area contributed by atoms with Gasteiger partial charge in [0.05, 0.1) is 0 Å². The van der Waals surface area contributed by atoms with E-state index < -0.39 is 0 Å². The zero-order valence-electron chi connectivity index (χ0n) is 8.35. The maximum absolute atomic E-state index is 11.7. The Morgan fingerprint density at radius 2 is 1.87 bits per heavy atom. The minimum atomic E-state index is 0.251. The first-order valence-corrected chi connectivity index (χ1v) is 5.07. The van der Waals surface area contributed by atoms with Gasteiger partial charge in [-0.1, -0.05) is 30.3 Å². The molecule has 0 spiro atoms. The number of carbonyl (C=O) groups is 2. The van der Waals surface area contributed by atoms with E-state index in [1.807, 2.05) is 24.3 Å². The maximum atomic E-state index is 11.7. The van der Waals surface area contributed by atoms with Gasteiger partial charge in [-0.3, -0.25) is 9.59 Å². The SMILES string of the molecule is O=CC=Cc1ccc(C(=O)C2CC2)cc1. The summed E-state index contributed by atoms with van der Waals surface area (Å²) in [4.78, 5) is 21.8. The monoisotopic (exact) mass is 200 g/mol. The van der Waals surface area contributed by atoms with Gasteiger partial charge >= 0.3 is 0 Å². The molecule has 0 radical (unpaired) electrons. The van der Waals surface area contributed by atoms with Gasteiger partial charge in [0.25, 0.3) is 0 Å². The Labute approximate surface area is 88.6 Å². The summed E-state index contributed by atoms with van der Waals surface area (Å²) in [5, 5.41) is 0. The third-order valence-corrected chi connectivity index (χ3v) is 2.51. The van der Waals surface area contributed by atoms with Crippen LogP contribution in [0, 0.1) is 5.92 Å². The fourth-order valence-electron chi connectivity index (χ4n) is 1.49. The number of benzene rings is 1. The molecule has 1 fully saturated rings. The standard InChI is InChI=1S/C13H12O2/c14-9-1-2-10-3-5-11(6-4-10)13(15)12-7-8-12/h1-6,9,12H,7-8H2. The van der Waals surface area contributed by atoms with Crippen LogP contribution in [0.25, 0.3) is 6.08 Å². The number of carbonyl (C=O) groups excluding carboxylic acids is 2. The molecule has 0 aromatic heterocycles. The smallest absolute Gasteiger partial charge is 0.165 e. The predicted octanol–water partition coefficient (Wildman–Crippen LogP) is 2.49. The molecule has 1 aliphatic carbocycles. The Bertz CT molecular complexity index is 397. The number of aldehydes is 1. The van der Waals surface area contributed by atoms with Crippen LogP contribution in [-0.4, -0.2) is 12.1 Å². The van der Waals surface area contributed by atoms with E-state index in [9.17, 15) is 9.59 Å². The molecule has 0 N–H and O–H groups in total. The first kappa shape index (κ1) is 9.84. The molecule has 1 saturated carbocycles. The molecule has 2 nitrogen and oxygen atoms in total. The maximum Gasteiger partial charge on any atom is 0.165 e. The average molecular weight is 200 g/mol. The highest BCUT2D eigenvalue weighted by molar-refractivity contribution is 5.99. The molecule has 0 amide bonds. The molecular formula is C13H12O2. The van der Waals surface area contributed by atoms with Crippen molar-refractivity contribution in [2.75, 3.05) is 0 Å². The van der Waals surface area contributed by atoms with Gasteiger partial charge in [-0.15, -0.1) is 0 Å². The van der Waals surface area contributed by atoms with Gasteiger partial charge in [0.1, 0.15) is 6.29 Å². The lowest BCUT2D eigenvalue weighted by atomic mass is 10.1. The first-order chi connectivity index (χ1) is 7.31. The van der Waals surface area contributed by atoms with Crippen LogP contribution in [0.15, 0.2) is 30.3 Å². The third-order valence-electron chi connectivity index (χ3n) is 2.51.